The third kappa shape index (κ3) is 4.52. The molecule has 3 aromatic rings. The second-order valence-electron chi connectivity index (χ2n) is 7.53. The van der Waals surface area contributed by atoms with Crippen molar-refractivity contribution in [3.8, 4) is 0 Å². The van der Waals surface area contributed by atoms with Gasteiger partial charge in [-0.2, -0.15) is 4.31 Å². The minimum Gasteiger partial charge on any atom is -0.348 e. The summed E-state index contributed by atoms with van der Waals surface area (Å²) in [7, 11) is -3.69. The van der Waals surface area contributed by atoms with E-state index >= 15 is 0 Å². The molecule has 1 amide bonds. The highest BCUT2D eigenvalue weighted by Gasteiger charge is 2.26. The van der Waals surface area contributed by atoms with Crippen LogP contribution in [0.2, 0.25) is 0 Å². The number of hydrogen-bond acceptors (Lipinski definition) is 4. The maximum atomic E-state index is 13.1. The topological polar surface area (TPSA) is 99.3 Å². The normalized spacial score (nSPS) is 15.1. The van der Waals surface area contributed by atoms with E-state index in [-0.39, 0.29) is 22.8 Å². The molecule has 4 rings (SSSR count). The molecule has 0 bridgehead atoms. The number of hydrogen-bond donors (Lipinski definition) is 2. The highest BCUT2D eigenvalue weighted by Crippen LogP contribution is 2.25. The van der Waals surface area contributed by atoms with E-state index in [1.54, 1.807) is 12.1 Å². The minimum atomic E-state index is -3.69. The number of fused-ring (bicyclic) bond motifs is 1. The lowest BCUT2D eigenvalue weighted by Crippen LogP contribution is -2.35. The molecule has 0 radical (unpaired) electrons. The quantitative estimate of drug-likeness (QED) is 0.633. The first-order chi connectivity index (χ1) is 14.8. The Hall–Kier alpha value is -3.04. The number of pyridine rings is 1. The van der Waals surface area contributed by atoms with Crippen LogP contribution in [0.15, 0.2) is 58.2 Å². The number of benzene rings is 2. The Morgan fingerprint density at radius 1 is 1.03 bits per heavy atom. The van der Waals surface area contributed by atoms with Crippen LogP contribution >= 0.6 is 0 Å². The molecule has 2 heterocycles. The maximum Gasteiger partial charge on any atom is 0.252 e. The zero-order valence-electron chi connectivity index (χ0n) is 16.7. The summed E-state index contributed by atoms with van der Waals surface area (Å²) in [6.07, 6.45) is 2.64. The summed E-state index contributed by atoms with van der Waals surface area (Å²) in [5.41, 5.74) is 0.678. The Morgan fingerprint density at radius 3 is 2.45 bits per heavy atom. The molecule has 1 aliphatic rings. The zero-order chi connectivity index (χ0) is 22.0. The fourth-order valence-corrected chi connectivity index (χ4v) is 5.26. The van der Waals surface area contributed by atoms with E-state index in [9.17, 15) is 22.4 Å². The van der Waals surface area contributed by atoms with Crippen molar-refractivity contribution in [3.05, 3.63) is 75.8 Å². The number of sulfonamides is 1. The van der Waals surface area contributed by atoms with Gasteiger partial charge in [-0.3, -0.25) is 9.59 Å². The average molecular weight is 444 g/mol. The molecule has 7 nitrogen and oxygen atoms in total. The number of rotatable bonds is 5. The predicted octanol–water partition coefficient (Wildman–Crippen LogP) is 2.77. The maximum absolute atomic E-state index is 13.1. The van der Waals surface area contributed by atoms with Crippen LogP contribution in [-0.4, -0.2) is 36.7 Å². The van der Waals surface area contributed by atoms with Gasteiger partial charge in [0.05, 0.1) is 10.5 Å². The van der Waals surface area contributed by atoms with Crippen LogP contribution in [0.4, 0.5) is 4.39 Å². The Kier molecular flexibility index (Phi) is 5.88. The Labute approximate surface area is 178 Å². The average Bonchev–Trinajstić information content (AvgIpc) is 2.78. The highest BCUT2D eigenvalue weighted by atomic mass is 32.2. The number of nitrogens with one attached hydrogen (secondary N) is 2. The van der Waals surface area contributed by atoms with E-state index in [0.717, 1.165) is 25.3 Å². The van der Waals surface area contributed by atoms with E-state index in [1.807, 2.05) is 0 Å². The molecule has 2 aromatic carbocycles. The number of carbonyl (C=O) groups is 1. The van der Waals surface area contributed by atoms with Crippen LogP contribution in [0, 0.1) is 5.82 Å². The van der Waals surface area contributed by atoms with Crippen molar-refractivity contribution in [2.45, 2.75) is 30.7 Å². The first-order valence-electron chi connectivity index (χ1n) is 10.0. The van der Waals surface area contributed by atoms with Crippen LogP contribution in [0.1, 0.15) is 35.2 Å². The number of aromatic nitrogens is 1. The molecule has 1 aliphatic heterocycles. The second kappa shape index (κ2) is 8.60. The first-order valence-corrected chi connectivity index (χ1v) is 11.5. The Bertz CT molecular complexity index is 1280. The number of carbonyl (C=O) groups excluding carboxylic acids is 1. The lowest BCUT2D eigenvalue weighted by molar-refractivity contribution is 0.0952. The van der Waals surface area contributed by atoms with E-state index in [2.05, 4.69) is 10.3 Å². The Balaban J connectivity index is 1.67. The molecule has 0 spiro atoms. The first kappa shape index (κ1) is 21.2. The van der Waals surface area contributed by atoms with Gasteiger partial charge in [-0.1, -0.05) is 18.6 Å². The van der Waals surface area contributed by atoms with Crippen molar-refractivity contribution in [1.82, 2.24) is 14.6 Å². The standard InChI is InChI=1S/C22H22FN3O4S/c23-16-6-4-15(5-7-16)14-24-22(28)19-13-21(27)25-20-9-8-17(12-18(19)20)31(29,30)26-10-2-1-3-11-26/h4-9,12-13H,1-3,10-11,14H2,(H,24,28)(H,25,27). The fourth-order valence-electron chi connectivity index (χ4n) is 3.72. The van der Waals surface area contributed by atoms with Crippen LogP contribution < -0.4 is 10.9 Å². The van der Waals surface area contributed by atoms with Crippen molar-refractivity contribution in [2.24, 2.45) is 0 Å². The fraction of sp³-hybridized carbons (Fsp3) is 0.273. The molecular formula is C22H22FN3O4S. The number of aromatic amines is 1. The van der Waals surface area contributed by atoms with Crippen molar-refractivity contribution in [1.29, 1.82) is 0 Å². The summed E-state index contributed by atoms with van der Waals surface area (Å²) in [5, 5.41) is 3.04. The van der Waals surface area contributed by atoms with Gasteiger partial charge in [-0.15, -0.1) is 0 Å². The molecule has 162 valence electrons. The number of halogens is 1. The number of piperidine rings is 1. The van der Waals surface area contributed by atoms with Gasteiger partial charge in [0.15, 0.2) is 0 Å². The molecule has 0 saturated carbocycles. The van der Waals surface area contributed by atoms with Gasteiger partial charge in [-0.05, 0) is 48.7 Å². The van der Waals surface area contributed by atoms with E-state index < -0.39 is 21.5 Å². The molecule has 0 atom stereocenters. The second-order valence-corrected chi connectivity index (χ2v) is 9.47. The van der Waals surface area contributed by atoms with Crippen LogP contribution in [-0.2, 0) is 16.6 Å². The molecule has 0 unspecified atom stereocenters. The molecular weight excluding hydrogens is 421 g/mol. The summed E-state index contributed by atoms with van der Waals surface area (Å²) < 4.78 is 40.6. The summed E-state index contributed by atoms with van der Waals surface area (Å²) in [6, 6.07) is 11.2. The van der Waals surface area contributed by atoms with Gasteiger partial charge in [0.1, 0.15) is 5.82 Å². The third-order valence-corrected chi connectivity index (χ3v) is 7.27. The molecule has 1 aromatic heterocycles. The van der Waals surface area contributed by atoms with Crippen LogP contribution in [0.3, 0.4) is 0 Å². The molecule has 0 aliphatic carbocycles. The summed E-state index contributed by atoms with van der Waals surface area (Å²) in [6.45, 7) is 1.08. The molecule has 9 heteroatoms. The van der Waals surface area contributed by atoms with Gasteiger partial charge in [0, 0.05) is 36.6 Å². The minimum absolute atomic E-state index is 0.0801. The van der Waals surface area contributed by atoms with E-state index in [4.69, 9.17) is 0 Å². The van der Waals surface area contributed by atoms with Gasteiger partial charge >= 0.3 is 0 Å². The molecule has 31 heavy (non-hydrogen) atoms. The van der Waals surface area contributed by atoms with Gasteiger partial charge < -0.3 is 10.3 Å². The Morgan fingerprint density at radius 2 is 1.74 bits per heavy atom. The zero-order valence-corrected chi connectivity index (χ0v) is 17.5. The van der Waals surface area contributed by atoms with E-state index in [1.165, 1.54) is 34.6 Å². The number of H-pyrrole nitrogens is 1. The van der Waals surface area contributed by atoms with E-state index in [0.29, 0.717) is 29.6 Å². The van der Waals surface area contributed by atoms with Gasteiger partial charge in [-0.25, -0.2) is 12.8 Å². The third-order valence-electron chi connectivity index (χ3n) is 5.38. The van der Waals surface area contributed by atoms with Crippen molar-refractivity contribution < 1.29 is 17.6 Å². The lowest BCUT2D eigenvalue weighted by atomic mass is 10.1. The summed E-state index contributed by atoms with van der Waals surface area (Å²) in [5.74, 6) is -0.897. The van der Waals surface area contributed by atoms with Gasteiger partial charge in [0.25, 0.3) is 5.91 Å². The van der Waals surface area contributed by atoms with Crippen molar-refractivity contribution in [2.75, 3.05) is 13.1 Å². The highest BCUT2D eigenvalue weighted by molar-refractivity contribution is 7.89. The summed E-state index contributed by atoms with van der Waals surface area (Å²) in [4.78, 5) is 27.6. The lowest BCUT2D eigenvalue weighted by Gasteiger charge is -2.26. The van der Waals surface area contributed by atoms with Crippen LogP contribution in [0.5, 0.6) is 0 Å². The monoisotopic (exact) mass is 443 g/mol. The molecule has 2 N–H and O–H groups in total. The number of amides is 1. The van der Waals surface area contributed by atoms with Gasteiger partial charge in [0.2, 0.25) is 15.6 Å². The largest absolute Gasteiger partial charge is 0.348 e. The summed E-state index contributed by atoms with van der Waals surface area (Å²) >= 11 is 0. The SMILES string of the molecule is O=C(NCc1ccc(F)cc1)c1cc(=O)[nH]c2ccc(S(=O)(=O)N3CCCCC3)cc12. The van der Waals surface area contributed by atoms with Crippen LogP contribution in [0.25, 0.3) is 10.9 Å². The molecule has 1 saturated heterocycles. The van der Waals surface area contributed by atoms with Crippen molar-refractivity contribution in [3.63, 3.8) is 0 Å². The molecule has 1 fully saturated rings. The van der Waals surface area contributed by atoms with Crippen molar-refractivity contribution >= 4 is 26.8 Å². The smallest absolute Gasteiger partial charge is 0.252 e. The number of nitrogens with zero attached hydrogens (tertiary/aromatic N) is 1. The predicted molar refractivity (Wildman–Crippen MR) is 115 cm³/mol.